The Labute approximate surface area is 77.1 Å². The monoisotopic (exact) mass is 193 g/mol. The van der Waals surface area contributed by atoms with E-state index in [0.717, 1.165) is 31.6 Å². The second-order valence-electron chi connectivity index (χ2n) is 2.69. The van der Waals surface area contributed by atoms with E-state index in [1.54, 1.807) is 7.11 Å². The Balaban J connectivity index is 3.08. The zero-order chi connectivity index (χ0) is 9.23. The van der Waals surface area contributed by atoms with E-state index in [0.29, 0.717) is 12.4 Å². The fourth-order valence-electron chi connectivity index (χ4n) is 0.863. The molecule has 0 aliphatic carbocycles. The molecular weight excluding hydrogens is 174 g/mol. The third-order valence-electron chi connectivity index (χ3n) is 1.59. The van der Waals surface area contributed by atoms with E-state index in [1.165, 1.54) is 0 Å². The summed E-state index contributed by atoms with van der Waals surface area (Å²) in [5, 5.41) is 0. The van der Waals surface area contributed by atoms with Crippen molar-refractivity contribution in [2.24, 2.45) is 5.73 Å². The summed E-state index contributed by atoms with van der Waals surface area (Å²) in [6, 6.07) is 0. The Morgan fingerprint density at radius 2 is 2.00 bits per heavy atom. The van der Waals surface area contributed by atoms with Gasteiger partial charge in [0.2, 0.25) is 0 Å². The highest BCUT2D eigenvalue weighted by atomic mass is 32.2. The molecular formula is C8H19NO2S. The van der Waals surface area contributed by atoms with Crippen LogP contribution in [0.5, 0.6) is 0 Å². The SMILES string of the molecule is COCCS(=O)CCCCCN. The minimum atomic E-state index is -0.689. The minimum absolute atomic E-state index is 0.601. The van der Waals surface area contributed by atoms with Crippen molar-refractivity contribution >= 4 is 10.8 Å². The molecule has 0 aliphatic heterocycles. The average molecular weight is 193 g/mol. The molecule has 0 aromatic carbocycles. The molecule has 0 spiro atoms. The second kappa shape index (κ2) is 9.16. The van der Waals surface area contributed by atoms with Crippen LogP contribution in [-0.2, 0) is 15.5 Å². The highest BCUT2D eigenvalue weighted by Gasteiger charge is 1.98. The molecule has 12 heavy (non-hydrogen) atoms. The lowest BCUT2D eigenvalue weighted by Gasteiger charge is -2.00. The van der Waals surface area contributed by atoms with Crippen LogP contribution in [0.2, 0.25) is 0 Å². The zero-order valence-electron chi connectivity index (χ0n) is 7.75. The first-order valence-electron chi connectivity index (χ1n) is 4.35. The van der Waals surface area contributed by atoms with E-state index < -0.39 is 10.8 Å². The van der Waals surface area contributed by atoms with Crippen molar-refractivity contribution in [3.8, 4) is 0 Å². The van der Waals surface area contributed by atoms with E-state index in [1.807, 2.05) is 0 Å². The second-order valence-corrected chi connectivity index (χ2v) is 4.39. The van der Waals surface area contributed by atoms with Gasteiger partial charge in [0.1, 0.15) is 0 Å². The van der Waals surface area contributed by atoms with E-state index >= 15 is 0 Å². The number of hydrogen-bond acceptors (Lipinski definition) is 3. The van der Waals surface area contributed by atoms with E-state index in [9.17, 15) is 4.21 Å². The summed E-state index contributed by atoms with van der Waals surface area (Å²) in [5.74, 6) is 1.46. The smallest absolute Gasteiger partial charge is 0.0577 e. The number of nitrogens with two attached hydrogens (primary N) is 1. The molecule has 0 heterocycles. The first-order valence-corrected chi connectivity index (χ1v) is 5.84. The predicted molar refractivity (Wildman–Crippen MR) is 52.7 cm³/mol. The van der Waals surface area contributed by atoms with Crippen molar-refractivity contribution in [1.82, 2.24) is 0 Å². The molecule has 4 heteroatoms. The summed E-state index contributed by atoms with van der Waals surface area (Å²) in [6.45, 7) is 1.34. The summed E-state index contributed by atoms with van der Waals surface area (Å²) in [4.78, 5) is 0. The van der Waals surface area contributed by atoms with Gasteiger partial charge in [-0.05, 0) is 19.4 Å². The molecule has 0 aromatic heterocycles. The largest absolute Gasteiger partial charge is 0.384 e. The topological polar surface area (TPSA) is 52.3 Å². The zero-order valence-corrected chi connectivity index (χ0v) is 8.57. The van der Waals surface area contributed by atoms with Crippen LogP contribution in [0.3, 0.4) is 0 Å². The van der Waals surface area contributed by atoms with Gasteiger partial charge in [0, 0.05) is 29.4 Å². The molecule has 0 saturated carbocycles. The van der Waals surface area contributed by atoms with E-state index in [-0.39, 0.29) is 0 Å². The van der Waals surface area contributed by atoms with E-state index in [4.69, 9.17) is 10.5 Å². The quantitative estimate of drug-likeness (QED) is 0.571. The van der Waals surface area contributed by atoms with Gasteiger partial charge in [0.05, 0.1) is 6.61 Å². The maximum absolute atomic E-state index is 11.2. The molecule has 0 radical (unpaired) electrons. The third kappa shape index (κ3) is 8.17. The summed E-state index contributed by atoms with van der Waals surface area (Å²) in [5.41, 5.74) is 5.33. The van der Waals surface area contributed by atoms with Crippen molar-refractivity contribution in [2.45, 2.75) is 19.3 Å². The summed E-state index contributed by atoms with van der Waals surface area (Å²) >= 11 is 0. The minimum Gasteiger partial charge on any atom is -0.384 e. The molecule has 1 unspecified atom stereocenters. The summed E-state index contributed by atoms with van der Waals surface area (Å²) in [6.07, 6.45) is 3.16. The average Bonchev–Trinajstić information content (AvgIpc) is 2.09. The van der Waals surface area contributed by atoms with Gasteiger partial charge in [-0.1, -0.05) is 6.42 Å². The standard InChI is InChI=1S/C8H19NO2S/c1-11-6-8-12(10)7-4-2-3-5-9/h2-9H2,1H3. The van der Waals surface area contributed by atoms with Gasteiger partial charge in [-0.25, -0.2) is 0 Å². The molecule has 0 rings (SSSR count). The molecule has 74 valence electrons. The predicted octanol–water partition coefficient (Wildman–Crippen LogP) is 0.511. The number of ether oxygens (including phenoxy) is 1. The molecule has 0 amide bonds. The van der Waals surface area contributed by atoms with Crippen LogP contribution in [0.1, 0.15) is 19.3 Å². The van der Waals surface area contributed by atoms with Gasteiger partial charge in [0.15, 0.2) is 0 Å². The molecule has 0 aliphatic rings. The number of unbranched alkanes of at least 4 members (excludes halogenated alkanes) is 2. The van der Waals surface area contributed by atoms with Crippen molar-refractivity contribution < 1.29 is 8.95 Å². The maximum atomic E-state index is 11.2. The van der Waals surface area contributed by atoms with Crippen molar-refractivity contribution in [3.63, 3.8) is 0 Å². The molecule has 1 atom stereocenters. The van der Waals surface area contributed by atoms with Gasteiger partial charge >= 0.3 is 0 Å². The Bertz CT molecular complexity index is 120. The summed E-state index contributed by atoms with van der Waals surface area (Å²) in [7, 11) is 0.941. The van der Waals surface area contributed by atoms with Gasteiger partial charge < -0.3 is 10.5 Å². The molecule has 0 fully saturated rings. The molecule has 0 saturated heterocycles. The van der Waals surface area contributed by atoms with Crippen LogP contribution in [0, 0.1) is 0 Å². The Morgan fingerprint density at radius 3 is 2.58 bits per heavy atom. The molecule has 0 bridgehead atoms. The van der Waals surface area contributed by atoms with Crippen molar-refractivity contribution in [2.75, 3.05) is 31.8 Å². The highest BCUT2D eigenvalue weighted by Crippen LogP contribution is 1.96. The van der Waals surface area contributed by atoms with Crippen LogP contribution in [0.25, 0.3) is 0 Å². The Hall–Kier alpha value is 0.0700. The molecule has 3 nitrogen and oxygen atoms in total. The lowest BCUT2D eigenvalue weighted by molar-refractivity contribution is 0.218. The van der Waals surface area contributed by atoms with Gasteiger partial charge in [-0.15, -0.1) is 0 Å². The number of rotatable bonds is 8. The van der Waals surface area contributed by atoms with Gasteiger partial charge in [-0.2, -0.15) is 0 Å². The van der Waals surface area contributed by atoms with Gasteiger partial charge in [-0.3, -0.25) is 4.21 Å². The lowest BCUT2D eigenvalue weighted by atomic mass is 10.2. The molecule has 2 N–H and O–H groups in total. The summed E-state index contributed by atoms with van der Waals surface area (Å²) < 4.78 is 16.0. The number of methoxy groups -OCH3 is 1. The fraction of sp³-hybridized carbons (Fsp3) is 1.00. The Morgan fingerprint density at radius 1 is 1.25 bits per heavy atom. The third-order valence-corrected chi connectivity index (χ3v) is 2.96. The normalized spacial score (nSPS) is 13.2. The first kappa shape index (κ1) is 12.1. The van der Waals surface area contributed by atoms with Gasteiger partial charge in [0.25, 0.3) is 0 Å². The van der Waals surface area contributed by atoms with Crippen molar-refractivity contribution in [1.29, 1.82) is 0 Å². The highest BCUT2D eigenvalue weighted by molar-refractivity contribution is 7.84. The maximum Gasteiger partial charge on any atom is 0.0577 e. The van der Waals surface area contributed by atoms with Crippen LogP contribution in [-0.4, -0.2) is 36.0 Å². The Kier molecular flexibility index (Phi) is 9.21. The van der Waals surface area contributed by atoms with Crippen molar-refractivity contribution in [3.05, 3.63) is 0 Å². The molecule has 0 aromatic rings. The number of hydrogen-bond donors (Lipinski definition) is 1. The van der Waals surface area contributed by atoms with Crippen LogP contribution in [0.15, 0.2) is 0 Å². The first-order chi connectivity index (χ1) is 5.81. The van der Waals surface area contributed by atoms with Crippen LogP contribution in [0.4, 0.5) is 0 Å². The fourth-order valence-corrected chi connectivity index (χ4v) is 1.95. The van der Waals surface area contributed by atoms with Crippen LogP contribution >= 0.6 is 0 Å². The van der Waals surface area contributed by atoms with Crippen LogP contribution < -0.4 is 5.73 Å². The lowest BCUT2D eigenvalue weighted by Crippen LogP contribution is -2.08. The van der Waals surface area contributed by atoms with E-state index in [2.05, 4.69) is 0 Å².